The van der Waals surface area contributed by atoms with Gasteiger partial charge in [0.1, 0.15) is 0 Å². The second-order valence-electron chi connectivity index (χ2n) is 10.1. The molecule has 0 spiro atoms. The Kier molecular flexibility index (Phi) is 6.00. The van der Waals surface area contributed by atoms with Gasteiger partial charge in [0.2, 0.25) is 0 Å². The number of hydrogen-bond acceptors (Lipinski definition) is 2. The minimum absolute atomic E-state index is 0.165. The van der Waals surface area contributed by atoms with Crippen molar-refractivity contribution in [3.05, 3.63) is 0 Å². The van der Waals surface area contributed by atoms with Gasteiger partial charge >= 0.3 is 0 Å². The van der Waals surface area contributed by atoms with E-state index in [2.05, 4.69) is 72.0 Å². The molecule has 2 nitrogen and oxygen atoms in total. The van der Waals surface area contributed by atoms with E-state index in [1.807, 2.05) is 0 Å². The standard InChI is InChI=1S/C16H38NOPSi2/c1-15(2)12-11-13-16(3,4)17(15)18-19-14(20(5,6)7)21(8,9)10/h14,19H,11-13H2,1-10H3. The van der Waals surface area contributed by atoms with E-state index in [1.165, 1.54) is 19.3 Å². The normalized spacial score (nSPS) is 24.1. The average molecular weight is 348 g/mol. The van der Waals surface area contributed by atoms with E-state index in [-0.39, 0.29) is 11.1 Å². The van der Waals surface area contributed by atoms with E-state index in [0.717, 1.165) is 4.91 Å². The predicted octanol–water partition coefficient (Wildman–Crippen LogP) is 5.68. The molecule has 0 N–H and O–H groups in total. The highest BCUT2D eigenvalue weighted by Crippen LogP contribution is 2.44. The summed E-state index contributed by atoms with van der Waals surface area (Å²) in [6.07, 6.45) is 3.80. The molecule has 0 aliphatic carbocycles. The van der Waals surface area contributed by atoms with Gasteiger partial charge in [-0.05, 0) is 51.9 Å². The Labute approximate surface area is 137 Å². The molecule has 0 saturated carbocycles. The Morgan fingerprint density at radius 1 is 0.857 bits per heavy atom. The van der Waals surface area contributed by atoms with Crippen molar-refractivity contribution in [1.82, 2.24) is 5.06 Å². The van der Waals surface area contributed by atoms with Gasteiger partial charge in [-0.3, -0.25) is 4.62 Å². The largest absolute Gasteiger partial charge is 0.280 e. The van der Waals surface area contributed by atoms with Gasteiger partial charge in [0.25, 0.3) is 0 Å². The Bertz CT molecular complexity index is 328. The van der Waals surface area contributed by atoms with Gasteiger partial charge in [-0.2, -0.15) is 5.06 Å². The quantitative estimate of drug-likeness (QED) is 0.469. The molecular weight excluding hydrogens is 309 g/mol. The second-order valence-corrected chi connectivity index (χ2v) is 23.5. The first-order valence-electron chi connectivity index (χ1n) is 8.41. The molecule has 1 unspecified atom stereocenters. The van der Waals surface area contributed by atoms with Crippen LogP contribution < -0.4 is 0 Å². The van der Waals surface area contributed by atoms with Crippen LogP contribution in [0.4, 0.5) is 0 Å². The lowest BCUT2D eigenvalue weighted by atomic mass is 9.82. The third kappa shape index (κ3) is 5.14. The lowest BCUT2D eigenvalue weighted by Gasteiger charge is -2.52. The molecule has 21 heavy (non-hydrogen) atoms. The van der Waals surface area contributed by atoms with Crippen LogP contribution in [0.5, 0.6) is 0 Å². The summed E-state index contributed by atoms with van der Waals surface area (Å²) in [6.45, 7) is 24.5. The lowest BCUT2D eigenvalue weighted by molar-refractivity contribution is -0.209. The van der Waals surface area contributed by atoms with Crippen LogP contribution in [0.3, 0.4) is 0 Å². The van der Waals surface area contributed by atoms with Gasteiger partial charge in [0, 0.05) is 19.9 Å². The van der Waals surface area contributed by atoms with Gasteiger partial charge in [0.15, 0.2) is 0 Å². The fourth-order valence-corrected chi connectivity index (χ4v) is 18.2. The summed E-state index contributed by atoms with van der Waals surface area (Å²) in [6, 6.07) is 0. The van der Waals surface area contributed by atoms with E-state index < -0.39 is 16.1 Å². The number of piperidine rings is 1. The first-order chi connectivity index (χ1) is 9.18. The fourth-order valence-electron chi connectivity index (χ4n) is 3.98. The Hall–Kier alpha value is 0.784. The van der Waals surface area contributed by atoms with Crippen molar-refractivity contribution in [1.29, 1.82) is 0 Å². The molecule has 0 aromatic carbocycles. The van der Waals surface area contributed by atoms with Crippen LogP contribution in [-0.2, 0) is 4.62 Å². The lowest BCUT2D eigenvalue weighted by Crippen LogP contribution is -2.58. The van der Waals surface area contributed by atoms with Gasteiger partial charge in [0.05, 0.1) is 16.1 Å². The third-order valence-corrected chi connectivity index (χ3v) is 19.8. The molecule has 1 rings (SSSR count). The first-order valence-corrected chi connectivity index (χ1v) is 16.5. The molecule has 0 radical (unpaired) electrons. The second kappa shape index (κ2) is 6.35. The monoisotopic (exact) mass is 347 g/mol. The summed E-state index contributed by atoms with van der Waals surface area (Å²) in [5.41, 5.74) is 0.330. The molecule has 0 aromatic rings. The van der Waals surface area contributed by atoms with Crippen molar-refractivity contribution in [3.8, 4) is 0 Å². The fraction of sp³-hybridized carbons (Fsp3) is 1.00. The SMILES string of the molecule is CC1(C)CCCC(C)(C)N1OPC([Si](C)(C)C)[Si](C)(C)C. The van der Waals surface area contributed by atoms with Crippen LogP contribution in [0.2, 0.25) is 39.3 Å². The minimum Gasteiger partial charge on any atom is -0.280 e. The maximum atomic E-state index is 6.56. The van der Waals surface area contributed by atoms with Gasteiger partial charge < -0.3 is 0 Å². The Morgan fingerprint density at radius 2 is 1.24 bits per heavy atom. The summed E-state index contributed by atoms with van der Waals surface area (Å²) >= 11 is 0. The maximum Gasteiger partial charge on any atom is 0.0517 e. The zero-order valence-corrected chi connectivity index (χ0v) is 19.1. The van der Waals surface area contributed by atoms with Crippen molar-refractivity contribution in [3.63, 3.8) is 0 Å². The van der Waals surface area contributed by atoms with Crippen molar-refractivity contribution in [2.75, 3.05) is 0 Å². The molecule has 0 bridgehead atoms. The molecule has 1 fully saturated rings. The number of rotatable bonds is 5. The third-order valence-electron chi connectivity index (χ3n) is 4.67. The highest BCUT2D eigenvalue weighted by atomic mass is 31.1. The molecule has 1 saturated heterocycles. The van der Waals surface area contributed by atoms with E-state index in [1.54, 1.807) is 0 Å². The van der Waals surface area contributed by atoms with Gasteiger partial charge in [-0.15, -0.1) is 0 Å². The van der Waals surface area contributed by atoms with Crippen LogP contribution in [0.25, 0.3) is 0 Å². The van der Waals surface area contributed by atoms with Crippen LogP contribution in [-0.4, -0.2) is 37.2 Å². The van der Waals surface area contributed by atoms with Crippen molar-refractivity contribution in [2.24, 2.45) is 0 Å². The predicted molar refractivity (Wildman–Crippen MR) is 104 cm³/mol. The number of hydroxylamine groups is 2. The molecule has 1 heterocycles. The zero-order valence-electron chi connectivity index (χ0n) is 16.1. The summed E-state index contributed by atoms with van der Waals surface area (Å²) in [7, 11) is -1.71. The van der Waals surface area contributed by atoms with E-state index >= 15 is 0 Å². The molecule has 1 aliphatic rings. The molecule has 5 heteroatoms. The van der Waals surface area contributed by atoms with Crippen LogP contribution in [0.1, 0.15) is 47.0 Å². The number of hydrogen-bond donors (Lipinski definition) is 0. The average Bonchev–Trinajstić information content (AvgIpc) is 2.17. The smallest absolute Gasteiger partial charge is 0.0517 e. The van der Waals surface area contributed by atoms with Crippen LogP contribution in [0.15, 0.2) is 0 Å². The molecular formula is C16H38NOPSi2. The number of nitrogens with zero attached hydrogens (tertiary/aromatic N) is 1. The van der Waals surface area contributed by atoms with Gasteiger partial charge in [-0.25, -0.2) is 0 Å². The van der Waals surface area contributed by atoms with Crippen molar-refractivity contribution < 1.29 is 4.62 Å². The topological polar surface area (TPSA) is 12.5 Å². The molecule has 0 aromatic heterocycles. The van der Waals surface area contributed by atoms with Crippen molar-refractivity contribution in [2.45, 2.75) is 102 Å². The summed E-state index contributed by atoms with van der Waals surface area (Å²) in [5, 5.41) is 2.36. The minimum atomic E-state index is -1.18. The Balaban J connectivity index is 2.88. The molecule has 126 valence electrons. The van der Waals surface area contributed by atoms with E-state index in [9.17, 15) is 0 Å². The Morgan fingerprint density at radius 3 is 1.57 bits per heavy atom. The van der Waals surface area contributed by atoms with Gasteiger partial charge in [-0.1, -0.05) is 39.3 Å². The van der Waals surface area contributed by atoms with E-state index in [4.69, 9.17) is 4.62 Å². The summed E-state index contributed by atoms with van der Waals surface area (Å²) < 4.78 is 6.56. The summed E-state index contributed by atoms with van der Waals surface area (Å²) in [5.74, 6) is 0. The van der Waals surface area contributed by atoms with Crippen LogP contribution >= 0.6 is 8.81 Å². The zero-order chi connectivity index (χ0) is 16.7. The van der Waals surface area contributed by atoms with E-state index in [0.29, 0.717) is 8.81 Å². The summed E-state index contributed by atoms with van der Waals surface area (Å²) in [4.78, 5) is 0.832. The molecule has 1 aliphatic heterocycles. The first kappa shape index (κ1) is 19.8. The molecule has 1 atom stereocenters. The molecule has 0 amide bonds. The van der Waals surface area contributed by atoms with Crippen LogP contribution in [0, 0.1) is 0 Å². The highest BCUT2D eigenvalue weighted by molar-refractivity contribution is 7.44. The highest BCUT2D eigenvalue weighted by Gasteiger charge is 2.45. The maximum absolute atomic E-state index is 6.56. The van der Waals surface area contributed by atoms with Crippen molar-refractivity contribution >= 4 is 25.0 Å².